The zero-order valence-electron chi connectivity index (χ0n) is 9.98. The number of carbonyl (C=O) groups excluding carboxylic acids is 2. The van der Waals surface area contributed by atoms with Crippen LogP contribution in [0.4, 0.5) is 5.69 Å². The molecule has 1 heterocycles. The SMILES string of the molecule is O=C1CC[C@@H](C(=O)Nc2ccc(CCO)cc2)N1. The van der Waals surface area contributed by atoms with Crippen LogP contribution in [0.1, 0.15) is 18.4 Å². The van der Waals surface area contributed by atoms with E-state index in [2.05, 4.69) is 10.6 Å². The minimum absolute atomic E-state index is 0.0755. The summed E-state index contributed by atoms with van der Waals surface area (Å²) in [5.41, 5.74) is 1.72. The lowest BCUT2D eigenvalue weighted by atomic mass is 10.1. The molecule has 0 radical (unpaired) electrons. The van der Waals surface area contributed by atoms with Crippen LogP contribution >= 0.6 is 0 Å². The van der Waals surface area contributed by atoms with Crippen molar-refractivity contribution in [1.29, 1.82) is 0 Å². The molecule has 0 spiro atoms. The molecule has 1 fully saturated rings. The lowest BCUT2D eigenvalue weighted by molar-refractivity contribution is -0.122. The summed E-state index contributed by atoms with van der Waals surface area (Å²) in [6.07, 6.45) is 1.56. The van der Waals surface area contributed by atoms with E-state index in [1.807, 2.05) is 12.1 Å². The van der Waals surface area contributed by atoms with Gasteiger partial charge in [0, 0.05) is 18.7 Å². The maximum absolute atomic E-state index is 11.8. The number of hydrogen-bond donors (Lipinski definition) is 3. The number of hydrogen-bond acceptors (Lipinski definition) is 3. The molecule has 96 valence electrons. The predicted molar refractivity (Wildman–Crippen MR) is 67.0 cm³/mol. The summed E-state index contributed by atoms with van der Waals surface area (Å²) in [6.45, 7) is 0.111. The summed E-state index contributed by atoms with van der Waals surface area (Å²) in [6, 6.07) is 6.88. The van der Waals surface area contributed by atoms with E-state index < -0.39 is 6.04 Å². The predicted octanol–water partition coefficient (Wildman–Crippen LogP) is 0.439. The molecule has 0 bridgehead atoms. The number of anilines is 1. The third kappa shape index (κ3) is 3.07. The van der Waals surface area contributed by atoms with Crippen molar-refractivity contribution in [3.05, 3.63) is 29.8 Å². The van der Waals surface area contributed by atoms with Crippen molar-refractivity contribution in [2.45, 2.75) is 25.3 Å². The Morgan fingerprint density at radius 2 is 2.11 bits per heavy atom. The lowest BCUT2D eigenvalue weighted by Crippen LogP contribution is -2.37. The zero-order chi connectivity index (χ0) is 13.0. The summed E-state index contributed by atoms with van der Waals surface area (Å²) in [7, 11) is 0. The Kier molecular flexibility index (Phi) is 3.94. The van der Waals surface area contributed by atoms with E-state index >= 15 is 0 Å². The van der Waals surface area contributed by atoms with E-state index in [1.165, 1.54) is 0 Å². The van der Waals surface area contributed by atoms with Crippen molar-refractivity contribution in [3.8, 4) is 0 Å². The molecule has 18 heavy (non-hydrogen) atoms. The monoisotopic (exact) mass is 248 g/mol. The van der Waals surface area contributed by atoms with E-state index in [0.717, 1.165) is 5.56 Å². The van der Waals surface area contributed by atoms with Crippen molar-refractivity contribution in [2.24, 2.45) is 0 Å². The molecule has 0 saturated carbocycles. The molecule has 2 rings (SSSR count). The molecule has 1 aliphatic heterocycles. The van der Waals surface area contributed by atoms with Crippen LogP contribution in [0, 0.1) is 0 Å². The minimum atomic E-state index is -0.422. The Labute approximate surface area is 105 Å². The molecule has 5 heteroatoms. The number of carbonyl (C=O) groups is 2. The number of benzene rings is 1. The van der Waals surface area contributed by atoms with Gasteiger partial charge in [-0.1, -0.05) is 12.1 Å². The van der Waals surface area contributed by atoms with Crippen molar-refractivity contribution in [2.75, 3.05) is 11.9 Å². The number of rotatable bonds is 4. The molecule has 1 atom stereocenters. The second-order valence-corrected chi connectivity index (χ2v) is 4.32. The quantitative estimate of drug-likeness (QED) is 0.723. The molecule has 1 aromatic carbocycles. The number of amides is 2. The van der Waals surface area contributed by atoms with Gasteiger partial charge in [-0.15, -0.1) is 0 Å². The standard InChI is InChI=1S/C13H16N2O3/c16-8-7-9-1-3-10(4-2-9)14-13(18)11-5-6-12(17)15-11/h1-4,11,16H,5-8H2,(H,14,18)(H,15,17)/t11-/m0/s1. The Morgan fingerprint density at radius 1 is 1.39 bits per heavy atom. The van der Waals surface area contributed by atoms with Gasteiger partial charge in [-0.05, 0) is 30.5 Å². The van der Waals surface area contributed by atoms with E-state index in [0.29, 0.717) is 24.9 Å². The second-order valence-electron chi connectivity index (χ2n) is 4.32. The molecule has 1 saturated heterocycles. The summed E-state index contributed by atoms with van der Waals surface area (Å²) in [5.74, 6) is -0.260. The van der Waals surface area contributed by atoms with Crippen LogP contribution in [0.15, 0.2) is 24.3 Å². The zero-order valence-corrected chi connectivity index (χ0v) is 9.98. The molecule has 0 aromatic heterocycles. The maximum atomic E-state index is 11.8. The first-order valence-corrected chi connectivity index (χ1v) is 5.99. The van der Waals surface area contributed by atoms with Crippen molar-refractivity contribution in [3.63, 3.8) is 0 Å². The van der Waals surface area contributed by atoms with Crippen molar-refractivity contribution < 1.29 is 14.7 Å². The topological polar surface area (TPSA) is 78.4 Å². The third-order valence-corrected chi connectivity index (χ3v) is 2.93. The molecule has 1 aromatic rings. The summed E-state index contributed by atoms with van der Waals surface area (Å²) in [4.78, 5) is 22.8. The molecular formula is C13H16N2O3. The average Bonchev–Trinajstić information content (AvgIpc) is 2.79. The van der Waals surface area contributed by atoms with Crippen LogP contribution in [0.25, 0.3) is 0 Å². The van der Waals surface area contributed by atoms with Gasteiger partial charge in [-0.2, -0.15) is 0 Å². The normalized spacial score (nSPS) is 18.5. The highest BCUT2D eigenvalue weighted by Crippen LogP contribution is 2.13. The fourth-order valence-electron chi connectivity index (χ4n) is 1.92. The van der Waals surface area contributed by atoms with Gasteiger partial charge in [-0.25, -0.2) is 0 Å². The Morgan fingerprint density at radius 3 is 2.67 bits per heavy atom. The molecule has 3 N–H and O–H groups in total. The third-order valence-electron chi connectivity index (χ3n) is 2.93. The Balaban J connectivity index is 1.92. The lowest BCUT2D eigenvalue weighted by Gasteiger charge is -2.11. The van der Waals surface area contributed by atoms with E-state index in [4.69, 9.17) is 5.11 Å². The van der Waals surface area contributed by atoms with Crippen LogP contribution in [-0.2, 0) is 16.0 Å². The number of nitrogens with one attached hydrogen (secondary N) is 2. The van der Waals surface area contributed by atoms with Gasteiger partial charge in [-0.3, -0.25) is 9.59 Å². The van der Waals surface area contributed by atoms with Gasteiger partial charge in [0.25, 0.3) is 0 Å². The number of aliphatic hydroxyl groups excluding tert-OH is 1. The first-order valence-electron chi connectivity index (χ1n) is 5.99. The Bertz CT molecular complexity index is 442. The molecular weight excluding hydrogens is 232 g/mol. The van der Waals surface area contributed by atoms with Gasteiger partial charge in [0.05, 0.1) is 0 Å². The largest absolute Gasteiger partial charge is 0.396 e. The molecule has 5 nitrogen and oxygen atoms in total. The van der Waals surface area contributed by atoms with Crippen LogP contribution in [-0.4, -0.2) is 29.6 Å². The molecule has 1 aliphatic rings. The van der Waals surface area contributed by atoms with Crippen LogP contribution in [0.5, 0.6) is 0 Å². The van der Waals surface area contributed by atoms with E-state index in [9.17, 15) is 9.59 Å². The van der Waals surface area contributed by atoms with E-state index in [1.54, 1.807) is 12.1 Å². The first kappa shape index (κ1) is 12.6. The highest BCUT2D eigenvalue weighted by molar-refractivity contribution is 5.98. The number of aliphatic hydroxyl groups is 1. The van der Waals surface area contributed by atoms with Crippen LogP contribution in [0.3, 0.4) is 0 Å². The highest BCUT2D eigenvalue weighted by Gasteiger charge is 2.26. The Hall–Kier alpha value is -1.88. The second kappa shape index (κ2) is 5.64. The van der Waals surface area contributed by atoms with Crippen LogP contribution < -0.4 is 10.6 Å². The van der Waals surface area contributed by atoms with Gasteiger partial charge >= 0.3 is 0 Å². The van der Waals surface area contributed by atoms with Crippen molar-refractivity contribution >= 4 is 17.5 Å². The van der Waals surface area contributed by atoms with Gasteiger partial charge in [0.1, 0.15) is 6.04 Å². The smallest absolute Gasteiger partial charge is 0.246 e. The van der Waals surface area contributed by atoms with Crippen LogP contribution in [0.2, 0.25) is 0 Å². The fourth-order valence-corrected chi connectivity index (χ4v) is 1.92. The van der Waals surface area contributed by atoms with E-state index in [-0.39, 0.29) is 18.4 Å². The highest BCUT2D eigenvalue weighted by atomic mass is 16.3. The summed E-state index contributed by atoms with van der Waals surface area (Å²) >= 11 is 0. The fraction of sp³-hybridized carbons (Fsp3) is 0.385. The summed E-state index contributed by atoms with van der Waals surface area (Å²) < 4.78 is 0. The first-order chi connectivity index (χ1) is 8.69. The molecule has 2 amide bonds. The minimum Gasteiger partial charge on any atom is -0.396 e. The summed E-state index contributed by atoms with van der Waals surface area (Å²) in [5, 5.41) is 14.2. The van der Waals surface area contributed by atoms with Crippen molar-refractivity contribution in [1.82, 2.24) is 5.32 Å². The average molecular weight is 248 g/mol. The van der Waals surface area contributed by atoms with Gasteiger partial charge in [0.2, 0.25) is 11.8 Å². The van der Waals surface area contributed by atoms with Gasteiger partial charge < -0.3 is 15.7 Å². The molecule has 0 unspecified atom stereocenters. The maximum Gasteiger partial charge on any atom is 0.246 e. The molecule has 0 aliphatic carbocycles. The van der Waals surface area contributed by atoms with Gasteiger partial charge in [0.15, 0.2) is 0 Å².